The van der Waals surface area contributed by atoms with Crippen LogP contribution in [0.25, 0.3) is 0 Å². The van der Waals surface area contributed by atoms with E-state index in [4.69, 9.17) is 0 Å². The predicted octanol–water partition coefficient (Wildman–Crippen LogP) is 2.05. The minimum atomic E-state index is -1.09. The maximum atomic E-state index is 14.0. The minimum absolute atomic E-state index is 0.0281. The van der Waals surface area contributed by atoms with E-state index in [0.29, 0.717) is 13.1 Å². The van der Waals surface area contributed by atoms with Gasteiger partial charge in [-0.15, -0.1) is 0 Å². The van der Waals surface area contributed by atoms with Crippen LogP contribution >= 0.6 is 0 Å². The summed E-state index contributed by atoms with van der Waals surface area (Å²) < 4.78 is 14.0. The Morgan fingerprint density at radius 3 is 2.63 bits per heavy atom. The van der Waals surface area contributed by atoms with Crippen molar-refractivity contribution in [3.63, 3.8) is 0 Å². The summed E-state index contributed by atoms with van der Waals surface area (Å²) in [7, 11) is 2.02. The van der Waals surface area contributed by atoms with Crippen LogP contribution in [0.3, 0.4) is 0 Å². The molecule has 1 aromatic carbocycles. The Kier molecular flexibility index (Phi) is 3.49. The molecule has 0 aromatic heterocycles. The second-order valence-corrected chi connectivity index (χ2v) is 5.60. The largest absolute Gasteiger partial charge is 0.478 e. The molecule has 104 valence electrons. The molecule has 0 atom stereocenters. The maximum absolute atomic E-state index is 14.0. The number of piperazine rings is 1. The molecule has 4 nitrogen and oxygen atoms in total. The van der Waals surface area contributed by atoms with Gasteiger partial charge in [0.15, 0.2) is 0 Å². The van der Waals surface area contributed by atoms with Crippen molar-refractivity contribution in [2.75, 3.05) is 31.6 Å². The number of halogens is 1. The van der Waals surface area contributed by atoms with E-state index < -0.39 is 11.8 Å². The molecule has 0 saturated carbocycles. The zero-order valence-electron chi connectivity index (χ0n) is 11.5. The van der Waals surface area contributed by atoms with Gasteiger partial charge in [-0.05, 0) is 33.0 Å². The number of hydrogen-bond acceptors (Lipinski definition) is 3. The average Bonchev–Trinajstić information content (AvgIpc) is 2.32. The van der Waals surface area contributed by atoms with Gasteiger partial charge in [-0.2, -0.15) is 0 Å². The first-order chi connectivity index (χ1) is 8.83. The molecule has 1 aromatic rings. The van der Waals surface area contributed by atoms with Crippen LogP contribution in [0, 0.1) is 5.82 Å². The smallest absolute Gasteiger partial charge is 0.337 e. The molecule has 1 aliphatic heterocycles. The van der Waals surface area contributed by atoms with Crippen LogP contribution in [-0.4, -0.2) is 48.2 Å². The lowest BCUT2D eigenvalue weighted by molar-refractivity contribution is 0.0696. The zero-order valence-corrected chi connectivity index (χ0v) is 11.5. The number of likely N-dealkylation sites (N-methyl/N-ethyl adjacent to an activating group) is 1. The number of carbonyl (C=O) groups is 1. The number of benzene rings is 1. The van der Waals surface area contributed by atoms with E-state index in [1.165, 1.54) is 18.2 Å². The number of hydrogen-bond donors (Lipinski definition) is 1. The SMILES string of the molecule is CN1CCN(c2c(F)cccc2C(=O)O)CC1(C)C. The van der Waals surface area contributed by atoms with Gasteiger partial charge < -0.3 is 10.0 Å². The first kappa shape index (κ1) is 13.8. The lowest BCUT2D eigenvalue weighted by Crippen LogP contribution is -2.58. The Bertz CT molecular complexity index is 502. The van der Waals surface area contributed by atoms with E-state index in [0.717, 1.165) is 6.54 Å². The predicted molar refractivity (Wildman–Crippen MR) is 72.3 cm³/mol. The maximum Gasteiger partial charge on any atom is 0.337 e. The molecule has 0 amide bonds. The average molecular weight is 266 g/mol. The molecule has 0 unspecified atom stereocenters. The molecule has 0 spiro atoms. The summed E-state index contributed by atoms with van der Waals surface area (Å²) in [6.07, 6.45) is 0. The van der Waals surface area contributed by atoms with Crippen molar-refractivity contribution >= 4 is 11.7 Å². The number of anilines is 1. The monoisotopic (exact) mass is 266 g/mol. The van der Waals surface area contributed by atoms with Crippen molar-refractivity contribution in [1.29, 1.82) is 0 Å². The van der Waals surface area contributed by atoms with E-state index in [-0.39, 0.29) is 16.8 Å². The summed E-state index contributed by atoms with van der Waals surface area (Å²) in [5, 5.41) is 9.20. The van der Waals surface area contributed by atoms with Gasteiger partial charge in [0.2, 0.25) is 0 Å². The molecular formula is C14H19FN2O2. The summed E-state index contributed by atoms with van der Waals surface area (Å²) in [5.74, 6) is -1.56. The Hall–Kier alpha value is -1.62. The Labute approximate surface area is 112 Å². The van der Waals surface area contributed by atoms with Crippen LogP contribution in [-0.2, 0) is 0 Å². The van der Waals surface area contributed by atoms with Gasteiger partial charge in [-0.3, -0.25) is 4.90 Å². The van der Waals surface area contributed by atoms with Crippen LogP contribution in [0.5, 0.6) is 0 Å². The topological polar surface area (TPSA) is 43.8 Å². The molecule has 1 fully saturated rings. The van der Waals surface area contributed by atoms with Gasteiger partial charge >= 0.3 is 5.97 Å². The number of nitrogens with zero attached hydrogens (tertiary/aromatic N) is 2. The summed E-state index contributed by atoms with van der Waals surface area (Å²) >= 11 is 0. The third-order valence-corrected chi connectivity index (χ3v) is 3.85. The van der Waals surface area contributed by atoms with E-state index in [9.17, 15) is 14.3 Å². The van der Waals surface area contributed by atoms with Gasteiger partial charge in [-0.25, -0.2) is 9.18 Å². The van der Waals surface area contributed by atoms with Gasteiger partial charge in [0.05, 0.1) is 11.3 Å². The lowest BCUT2D eigenvalue weighted by Gasteiger charge is -2.46. The Morgan fingerprint density at radius 1 is 1.37 bits per heavy atom. The van der Waals surface area contributed by atoms with E-state index in [1.54, 1.807) is 0 Å². The molecule has 0 radical (unpaired) electrons. The summed E-state index contributed by atoms with van der Waals surface area (Å²) in [5.41, 5.74) is 0.118. The fourth-order valence-corrected chi connectivity index (χ4v) is 2.44. The fourth-order valence-electron chi connectivity index (χ4n) is 2.44. The van der Waals surface area contributed by atoms with E-state index in [1.807, 2.05) is 11.9 Å². The molecule has 1 N–H and O–H groups in total. The van der Waals surface area contributed by atoms with Crippen LogP contribution in [0.1, 0.15) is 24.2 Å². The van der Waals surface area contributed by atoms with Gasteiger partial charge in [0, 0.05) is 25.2 Å². The van der Waals surface area contributed by atoms with Gasteiger partial charge in [-0.1, -0.05) is 6.07 Å². The molecule has 19 heavy (non-hydrogen) atoms. The number of carboxylic acid groups (broad SMARTS) is 1. The number of para-hydroxylation sites is 1. The van der Waals surface area contributed by atoms with Crippen molar-refractivity contribution in [2.45, 2.75) is 19.4 Å². The van der Waals surface area contributed by atoms with Crippen molar-refractivity contribution in [3.8, 4) is 0 Å². The Morgan fingerprint density at radius 2 is 2.05 bits per heavy atom. The molecular weight excluding hydrogens is 247 g/mol. The number of aromatic carboxylic acids is 1. The standard InChI is InChI=1S/C14H19FN2O2/c1-14(2)9-17(8-7-16(14)3)12-10(13(18)19)5-4-6-11(12)15/h4-6H,7-9H2,1-3H3,(H,18,19). The number of carboxylic acids is 1. The molecule has 0 aliphatic carbocycles. The second-order valence-electron chi connectivity index (χ2n) is 5.60. The van der Waals surface area contributed by atoms with Gasteiger partial charge in [0.25, 0.3) is 0 Å². The highest BCUT2D eigenvalue weighted by Crippen LogP contribution is 2.29. The molecule has 1 saturated heterocycles. The van der Waals surface area contributed by atoms with Crippen molar-refractivity contribution in [2.24, 2.45) is 0 Å². The van der Waals surface area contributed by atoms with Crippen LogP contribution in [0.2, 0.25) is 0 Å². The summed E-state index contributed by atoms with van der Waals surface area (Å²) in [6, 6.07) is 4.20. The minimum Gasteiger partial charge on any atom is -0.478 e. The van der Waals surface area contributed by atoms with Crippen molar-refractivity contribution < 1.29 is 14.3 Å². The lowest BCUT2D eigenvalue weighted by atomic mass is 9.98. The van der Waals surface area contributed by atoms with Crippen LogP contribution < -0.4 is 4.90 Å². The van der Waals surface area contributed by atoms with Crippen LogP contribution in [0.4, 0.5) is 10.1 Å². The summed E-state index contributed by atoms with van der Waals surface area (Å²) in [4.78, 5) is 15.3. The van der Waals surface area contributed by atoms with Crippen LogP contribution in [0.15, 0.2) is 18.2 Å². The fraction of sp³-hybridized carbons (Fsp3) is 0.500. The second kappa shape index (κ2) is 4.81. The highest BCUT2D eigenvalue weighted by atomic mass is 19.1. The first-order valence-electron chi connectivity index (χ1n) is 6.31. The third-order valence-electron chi connectivity index (χ3n) is 3.85. The quantitative estimate of drug-likeness (QED) is 0.890. The normalized spacial score (nSPS) is 19.5. The first-order valence-corrected chi connectivity index (χ1v) is 6.31. The van der Waals surface area contributed by atoms with Gasteiger partial charge in [0.1, 0.15) is 5.82 Å². The number of rotatable bonds is 2. The molecule has 0 bridgehead atoms. The van der Waals surface area contributed by atoms with E-state index in [2.05, 4.69) is 18.7 Å². The van der Waals surface area contributed by atoms with E-state index >= 15 is 0 Å². The van der Waals surface area contributed by atoms with Crippen molar-refractivity contribution in [3.05, 3.63) is 29.6 Å². The molecule has 2 rings (SSSR count). The molecule has 5 heteroatoms. The van der Waals surface area contributed by atoms with Crippen molar-refractivity contribution in [1.82, 2.24) is 4.90 Å². The molecule has 1 aliphatic rings. The third kappa shape index (κ3) is 2.56. The summed E-state index contributed by atoms with van der Waals surface area (Å²) in [6.45, 7) is 6.15. The highest BCUT2D eigenvalue weighted by molar-refractivity contribution is 5.94. The highest BCUT2D eigenvalue weighted by Gasteiger charge is 2.33. The molecule has 1 heterocycles. The zero-order chi connectivity index (χ0) is 14.2. The Balaban J connectivity index is 2.40.